The summed E-state index contributed by atoms with van der Waals surface area (Å²) in [6.07, 6.45) is 2.65. The molecule has 9 heteroatoms. The average Bonchev–Trinajstić information content (AvgIpc) is 2.67. The summed E-state index contributed by atoms with van der Waals surface area (Å²) in [5.74, 6) is -0.671. The molecule has 1 aromatic carbocycles. The average molecular weight is 413 g/mol. The summed E-state index contributed by atoms with van der Waals surface area (Å²) < 4.78 is 37.9. The van der Waals surface area contributed by atoms with Crippen LogP contribution in [0, 0.1) is 0 Å². The summed E-state index contributed by atoms with van der Waals surface area (Å²) >= 11 is 0. The summed E-state index contributed by atoms with van der Waals surface area (Å²) in [6, 6.07) is 4.19. The molecule has 0 saturated carbocycles. The van der Waals surface area contributed by atoms with Crippen LogP contribution in [0.2, 0.25) is 0 Å². The summed E-state index contributed by atoms with van der Waals surface area (Å²) in [5, 5.41) is 2.60. The first-order valence-corrected chi connectivity index (χ1v) is 10.9. The summed E-state index contributed by atoms with van der Waals surface area (Å²) in [6.45, 7) is 4.42. The molecule has 1 aliphatic rings. The predicted octanol–water partition coefficient (Wildman–Crippen LogP) is 1.94. The number of hydrogen-bond acceptors (Lipinski definition) is 6. The van der Waals surface area contributed by atoms with Crippen LogP contribution < -0.4 is 10.1 Å². The van der Waals surface area contributed by atoms with Crippen LogP contribution in [0.5, 0.6) is 5.75 Å². The van der Waals surface area contributed by atoms with Gasteiger partial charge in [0.15, 0.2) is 0 Å². The molecule has 1 heterocycles. The van der Waals surface area contributed by atoms with E-state index in [0.717, 1.165) is 19.3 Å². The highest BCUT2D eigenvalue weighted by atomic mass is 32.2. The summed E-state index contributed by atoms with van der Waals surface area (Å²) in [4.78, 5) is 23.7. The van der Waals surface area contributed by atoms with Crippen molar-refractivity contribution in [2.24, 2.45) is 0 Å². The second-order valence-corrected chi connectivity index (χ2v) is 8.50. The summed E-state index contributed by atoms with van der Waals surface area (Å²) in [5.41, 5.74) is 0.188. The van der Waals surface area contributed by atoms with E-state index >= 15 is 0 Å². The molecule has 1 fully saturated rings. The van der Waals surface area contributed by atoms with E-state index in [-0.39, 0.29) is 41.8 Å². The largest absolute Gasteiger partial charge is 0.495 e. The van der Waals surface area contributed by atoms with Gasteiger partial charge in [-0.05, 0) is 44.9 Å². The van der Waals surface area contributed by atoms with Crippen LogP contribution in [0.1, 0.15) is 49.9 Å². The molecule has 2 rings (SSSR count). The fourth-order valence-electron chi connectivity index (χ4n) is 3.19. The SMILES string of the molecule is CCOC(=O)CCNC(=O)c1ccc(OC)c(S(=O)(=O)N2CCCCC2C)c1. The molecule has 1 atom stereocenters. The minimum Gasteiger partial charge on any atom is -0.495 e. The highest BCUT2D eigenvalue weighted by molar-refractivity contribution is 7.89. The number of nitrogens with one attached hydrogen (secondary N) is 1. The van der Waals surface area contributed by atoms with Gasteiger partial charge in [0.25, 0.3) is 5.91 Å². The van der Waals surface area contributed by atoms with Crippen molar-refractivity contribution in [3.63, 3.8) is 0 Å². The predicted molar refractivity (Wildman–Crippen MR) is 104 cm³/mol. The third kappa shape index (κ3) is 5.23. The van der Waals surface area contributed by atoms with Crippen molar-refractivity contribution >= 4 is 21.9 Å². The van der Waals surface area contributed by atoms with Crippen molar-refractivity contribution in [2.75, 3.05) is 26.8 Å². The quantitative estimate of drug-likeness (QED) is 0.655. The van der Waals surface area contributed by atoms with Gasteiger partial charge in [-0.15, -0.1) is 0 Å². The number of sulfonamides is 1. The lowest BCUT2D eigenvalue weighted by Crippen LogP contribution is -2.42. The molecule has 1 saturated heterocycles. The van der Waals surface area contributed by atoms with Gasteiger partial charge >= 0.3 is 5.97 Å². The molecule has 1 N–H and O–H groups in total. The van der Waals surface area contributed by atoms with Crippen LogP contribution in [-0.4, -0.2) is 57.4 Å². The van der Waals surface area contributed by atoms with Gasteiger partial charge in [0.1, 0.15) is 10.6 Å². The van der Waals surface area contributed by atoms with E-state index in [1.807, 2.05) is 6.92 Å². The van der Waals surface area contributed by atoms with Crippen molar-refractivity contribution in [2.45, 2.75) is 50.5 Å². The standard InChI is InChI=1S/C19H28N2O6S/c1-4-27-18(22)10-11-20-19(23)15-8-9-16(26-3)17(13-15)28(24,25)21-12-6-5-7-14(21)2/h8-9,13-14H,4-7,10-12H2,1-3H3,(H,20,23). The Morgan fingerprint density at radius 1 is 1.29 bits per heavy atom. The second-order valence-electron chi connectivity index (χ2n) is 6.64. The highest BCUT2D eigenvalue weighted by Crippen LogP contribution is 2.31. The van der Waals surface area contributed by atoms with Gasteiger partial charge in [-0.1, -0.05) is 6.42 Å². The zero-order valence-electron chi connectivity index (χ0n) is 16.6. The minimum absolute atomic E-state index is 0.0261. The number of hydrogen-bond donors (Lipinski definition) is 1. The van der Waals surface area contributed by atoms with Gasteiger partial charge in [0, 0.05) is 24.7 Å². The minimum atomic E-state index is -3.80. The maximum absolute atomic E-state index is 13.2. The maximum Gasteiger partial charge on any atom is 0.307 e. The number of methoxy groups -OCH3 is 1. The number of amides is 1. The molecule has 0 aromatic heterocycles. The molecule has 1 aromatic rings. The molecule has 1 unspecified atom stereocenters. The molecule has 0 radical (unpaired) electrons. The normalized spacial score (nSPS) is 17.8. The summed E-state index contributed by atoms with van der Waals surface area (Å²) in [7, 11) is -2.40. The lowest BCUT2D eigenvalue weighted by atomic mass is 10.1. The molecule has 1 amide bonds. The molecular formula is C19H28N2O6S. The number of nitrogens with zero attached hydrogens (tertiary/aromatic N) is 1. The van der Waals surface area contributed by atoms with Crippen molar-refractivity contribution < 1.29 is 27.5 Å². The van der Waals surface area contributed by atoms with Gasteiger partial charge in [-0.2, -0.15) is 4.31 Å². The van der Waals surface area contributed by atoms with E-state index in [1.165, 1.54) is 29.6 Å². The Kier molecular flexibility index (Phi) is 7.82. The van der Waals surface area contributed by atoms with Crippen LogP contribution >= 0.6 is 0 Å². The van der Waals surface area contributed by atoms with Crippen molar-refractivity contribution in [1.82, 2.24) is 9.62 Å². The first-order valence-electron chi connectivity index (χ1n) is 9.45. The monoisotopic (exact) mass is 412 g/mol. The van der Waals surface area contributed by atoms with Gasteiger partial charge in [-0.25, -0.2) is 8.42 Å². The van der Waals surface area contributed by atoms with Crippen LogP contribution in [0.3, 0.4) is 0 Å². The molecule has 0 bridgehead atoms. The fourth-order valence-corrected chi connectivity index (χ4v) is 5.07. The van der Waals surface area contributed by atoms with Gasteiger partial charge < -0.3 is 14.8 Å². The molecular weight excluding hydrogens is 384 g/mol. The Hall–Kier alpha value is -2.13. The Bertz CT molecular complexity index is 809. The first-order chi connectivity index (χ1) is 13.3. The Morgan fingerprint density at radius 3 is 2.68 bits per heavy atom. The molecule has 28 heavy (non-hydrogen) atoms. The van der Waals surface area contributed by atoms with Crippen LogP contribution in [0.25, 0.3) is 0 Å². The molecule has 0 aliphatic carbocycles. The van der Waals surface area contributed by atoms with Crippen molar-refractivity contribution in [3.05, 3.63) is 23.8 Å². The van der Waals surface area contributed by atoms with E-state index in [1.54, 1.807) is 6.92 Å². The third-order valence-electron chi connectivity index (χ3n) is 4.67. The number of rotatable bonds is 8. The van der Waals surface area contributed by atoms with Crippen molar-refractivity contribution in [3.8, 4) is 5.75 Å². The number of piperidine rings is 1. The number of ether oxygens (including phenoxy) is 2. The van der Waals surface area contributed by atoms with E-state index < -0.39 is 21.9 Å². The zero-order valence-corrected chi connectivity index (χ0v) is 17.4. The van der Waals surface area contributed by atoms with Gasteiger partial charge in [0.05, 0.1) is 20.1 Å². The number of benzene rings is 1. The fraction of sp³-hybridized carbons (Fsp3) is 0.579. The van der Waals surface area contributed by atoms with Crippen molar-refractivity contribution in [1.29, 1.82) is 0 Å². The van der Waals surface area contributed by atoms with E-state index in [9.17, 15) is 18.0 Å². The van der Waals surface area contributed by atoms with Crippen LogP contribution in [0.4, 0.5) is 0 Å². The van der Waals surface area contributed by atoms with E-state index in [4.69, 9.17) is 9.47 Å². The maximum atomic E-state index is 13.2. The number of carbonyl (C=O) groups is 2. The zero-order chi connectivity index (χ0) is 20.7. The number of carbonyl (C=O) groups excluding carboxylic acids is 2. The molecule has 1 aliphatic heterocycles. The molecule has 156 valence electrons. The van der Waals surface area contributed by atoms with E-state index in [2.05, 4.69) is 5.32 Å². The smallest absolute Gasteiger partial charge is 0.307 e. The Balaban J connectivity index is 2.21. The van der Waals surface area contributed by atoms with E-state index in [0.29, 0.717) is 6.54 Å². The highest BCUT2D eigenvalue weighted by Gasteiger charge is 2.33. The number of esters is 1. The van der Waals surface area contributed by atoms with Gasteiger partial charge in [-0.3, -0.25) is 9.59 Å². The topological polar surface area (TPSA) is 102 Å². The third-order valence-corrected chi connectivity index (χ3v) is 6.71. The lowest BCUT2D eigenvalue weighted by molar-refractivity contribution is -0.142. The van der Waals surface area contributed by atoms with Gasteiger partial charge in [0.2, 0.25) is 10.0 Å². The molecule has 0 spiro atoms. The van der Waals surface area contributed by atoms with Crippen LogP contribution in [0.15, 0.2) is 23.1 Å². The first kappa shape index (κ1) is 22.2. The molecule has 8 nitrogen and oxygen atoms in total. The Morgan fingerprint density at radius 2 is 2.04 bits per heavy atom. The Labute approximate surface area is 166 Å². The van der Waals surface area contributed by atoms with Crippen LogP contribution in [-0.2, 0) is 19.6 Å². The lowest BCUT2D eigenvalue weighted by Gasteiger charge is -2.32. The second kappa shape index (κ2) is 9.88.